The summed E-state index contributed by atoms with van der Waals surface area (Å²) in [4.78, 5) is 22.2. The largest absolute Gasteiger partial charge is 0.478 e. The van der Waals surface area contributed by atoms with Gasteiger partial charge in [0.1, 0.15) is 0 Å². The van der Waals surface area contributed by atoms with Crippen LogP contribution < -0.4 is 0 Å². The van der Waals surface area contributed by atoms with E-state index in [0.717, 1.165) is 0 Å². The molecule has 104 valence electrons. The molecule has 3 N–H and O–H groups in total. The van der Waals surface area contributed by atoms with Crippen LogP contribution in [0, 0.1) is 0 Å². The second-order valence-electron chi connectivity index (χ2n) is 4.05. The first kappa shape index (κ1) is 15.1. The van der Waals surface area contributed by atoms with Crippen LogP contribution in [0.2, 0.25) is 0 Å². The summed E-state index contributed by atoms with van der Waals surface area (Å²) in [6, 6.07) is 4.13. The van der Waals surface area contributed by atoms with Crippen LogP contribution in [0.25, 0.3) is 0 Å². The number of aromatic carboxylic acids is 2. The van der Waals surface area contributed by atoms with Crippen LogP contribution in [-0.2, 0) is 11.2 Å². The molecule has 0 heterocycles. The van der Waals surface area contributed by atoms with Crippen molar-refractivity contribution in [1.82, 2.24) is 0 Å². The van der Waals surface area contributed by atoms with Crippen molar-refractivity contribution in [2.75, 3.05) is 13.2 Å². The molecule has 0 amide bonds. The first-order valence-electron chi connectivity index (χ1n) is 5.78. The molecule has 0 saturated carbocycles. The lowest BCUT2D eigenvalue weighted by molar-refractivity contribution is 0.0390. The van der Waals surface area contributed by atoms with Crippen molar-refractivity contribution in [1.29, 1.82) is 0 Å². The van der Waals surface area contributed by atoms with Gasteiger partial charge in [0.25, 0.3) is 0 Å². The number of rotatable bonds is 7. The highest BCUT2D eigenvalue weighted by Crippen LogP contribution is 2.18. The number of benzene rings is 1. The highest BCUT2D eigenvalue weighted by Gasteiger charge is 2.20. The molecule has 0 aliphatic carbocycles. The van der Waals surface area contributed by atoms with Crippen LogP contribution in [0.4, 0.5) is 0 Å². The molecule has 0 bridgehead atoms. The maximum Gasteiger partial charge on any atom is 0.335 e. The summed E-state index contributed by atoms with van der Waals surface area (Å²) < 4.78 is 5.23. The van der Waals surface area contributed by atoms with Gasteiger partial charge in [0.15, 0.2) is 0 Å². The van der Waals surface area contributed by atoms with E-state index in [1.807, 2.05) is 0 Å². The van der Waals surface area contributed by atoms with Crippen molar-refractivity contribution in [3.8, 4) is 0 Å². The van der Waals surface area contributed by atoms with Crippen LogP contribution in [0.3, 0.4) is 0 Å². The lowest BCUT2D eigenvalue weighted by Gasteiger charge is -2.15. The van der Waals surface area contributed by atoms with Crippen molar-refractivity contribution >= 4 is 11.9 Å². The summed E-state index contributed by atoms with van der Waals surface area (Å²) in [6.45, 7) is 1.68. The molecule has 0 aliphatic rings. The minimum absolute atomic E-state index is 0.0423. The zero-order valence-corrected chi connectivity index (χ0v) is 10.5. The Balaban J connectivity index is 3.07. The van der Waals surface area contributed by atoms with Crippen molar-refractivity contribution in [3.05, 3.63) is 34.9 Å². The summed E-state index contributed by atoms with van der Waals surface area (Å²) in [5.41, 5.74) is 0.145. The molecular formula is C13H16O6. The summed E-state index contributed by atoms with van der Waals surface area (Å²) in [5.74, 6) is -2.35. The molecular weight excluding hydrogens is 252 g/mol. The fourth-order valence-electron chi connectivity index (χ4n) is 1.81. The van der Waals surface area contributed by atoms with E-state index in [2.05, 4.69) is 0 Å². The van der Waals surface area contributed by atoms with Crippen LogP contribution >= 0.6 is 0 Å². The highest BCUT2D eigenvalue weighted by atomic mass is 16.5. The number of aliphatic hydroxyl groups excluding tert-OH is 1. The molecule has 0 spiro atoms. The van der Waals surface area contributed by atoms with Gasteiger partial charge in [-0.15, -0.1) is 0 Å². The van der Waals surface area contributed by atoms with Gasteiger partial charge in [-0.3, -0.25) is 0 Å². The van der Waals surface area contributed by atoms with Gasteiger partial charge < -0.3 is 20.1 Å². The monoisotopic (exact) mass is 268 g/mol. The van der Waals surface area contributed by atoms with Crippen molar-refractivity contribution in [3.63, 3.8) is 0 Å². The van der Waals surface area contributed by atoms with E-state index in [4.69, 9.17) is 20.1 Å². The van der Waals surface area contributed by atoms with Gasteiger partial charge in [0.2, 0.25) is 0 Å². The number of carboxylic acids is 2. The first-order valence-corrected chi connectivity index (χ1v) is 5.78. The molecule has 1 rings (SSSR count). The van der Waals surface area contributed by atoms with Crippen molar-refractivity contribution < 1.29 is 29.6 Å². The normalized spacial score (nSPS) is 12.1. The Kier molecular flexibility index (Phi) is 5.47. The van der Waals surface area contributed by atoms with Gasteiger partial charge in [-0.1, -0.05) is 6.07 Å². The number of hydrogen-bond acceptors (Lipinski definition) is 4. The van der Waals surface area contributed by atoms with E-state index in [1.54, 1.807) is 6.92 Å². The van der Waals surface area contributed by atoms with Crippen LogP contribution in [0.1, 0.15) is 33.2 Å². The molecule has 1 unspecified atom stereocenters. The Morgan fingerprint density at radius 3 is 2.16 bits per heavy atom. The second-order valence-corrected chi connectivity index (χ2v) is 4.05. The summed E-state index contributed by atoms with van der Waals surface area (Å²) in [6.07, 6.45) is -0.227. The molecule has 1 aromatic rings. The van der Waals surface area contributed by atoms with E-state index < -0.39 is 11.9 Å². The molecule has 1 aromatic carbocycles. The number of ether oxygens (including phenoxy) is 1. The molecule has 6 heteroatoms. The number of carbonyl (C=O) groups is 2. The lowest BCUT2D eigenvalue weighted by Crippen LogP contribution is -2.19. The van der Waals surface area contributed by atoms with E-state index in [1.165, 1.54) is 18.2 Å². The molecule has 0 saturated heterocycles. The molecule has 0 aliphatic heterocycles. The third-order valence-corrected chi connectivity index (χ3v) is 2.62. The Labute approximate surface area is 110 Å². The average molecular weight is 268 g/mol. The molecule has 19 heavy (non-hydrogen) atoms. The summed E-state index contributed by atoms with van der Waals surface area (Å²) in [5, 5.41) is 26.8. The van der Waals surface area contributed by atoms with E-state index in [0.29, 0.717) is 0 Å². The van der Waals surface area contributed by atoms with Gasteiger partial charge in [0, 0.05) is 6.42 Å². The fraction of sp³-hybridized carbons (Fsp3) is 0.385. The molecule has 0 radical (unpaired) electrons. The third-order valence-electron chi connectivity index (χ3n) is 2.62. The second kappa shape index (κ2) is 6.86. The minimum atomic E-state index is -1.17. The van der Waals surface area contributed by atoms with E-state index >= 15 is 0 Å². The number of aliphatic hydroxyl groups is 1. The Morgan fingerprint density at radius 1 is 1.21 bits per heavy atom. The summed E-state index contributed by atoms with van der Waals surface area (Å²) >= 11 is 0. The molecule has 1 atom stereocenters. The maximum atomic E-state index is 11.1. The SMILES string of the molecule is CC(Cc1c(C(=O)O)cccc1C(=O)O)OCCO. The Morgan fingerprint density at radius 2 is 1.74 bits per heavy atom. The topological polar surface area (TPSA) is 104 Å². The zero-order chi connectivity index (χ0) is 14.4. The number of carboxylic acid groups (broad SMARTS) is 2. The van der Waals surface area contributed by atoms with E-state index in [9.17, 15) is 9.59 Å². The van der Waals surface area contributed by atoms with Crippen LogP contribution in [0.5, 0.6) is 0 Å². The predicted molar refractivity (Wildman–Crippen MR) is 66.6 cm³/mol. The maximum absolute atomic E-state index is 11.1. The lowest BCUT2D eigenvalue weighted by atomic mass is 9.96. The Bertz CT molecular complexity index is 436. The quantitative estimate of drug-likeness (QED) is 0.682. The summed E-state index contributed by atoms with van der Waals surface area (Å²) in [7, 11) is 0. The first-order chi connectivity index (χ1) is 8.97. The van der Waals surface area contributed by atoms with Gasteiger partial charge in [0.05, 0.1) is 30.4 Å². The molecule has 0 aromatic heterocycles. The van der Waals surface area contributed by atoms with Crippen molar-refractivity contribution in [2.45, 2.75) is 19.4 Å². The van der Waals surface area contributed by atoms with Crippen LogP contribution in [0.15, 0.2) is 18.2 Å². The van der Waals surface area contributed by atoms with Gasteiger partial charge in [-0.2, -0.15) is 0 Å². The Hall–Kier alpha value is -1.92. The smallest absolute Gasteiger partial charge is 0.335 e. The average Bonchev–Trinajstić information content (AvgIpc) is 2.35. The molecule has 6 nitrogen and oxygen atoms in total. The zero-order valence-electron chi connectivity index (χ0n) is 10.5. The highest BCUT2D eigenvalue weighted by molar-refractivity contribution is 5.96. The fourth-order valence-corrected chi connectivity index (χ4v) is 1.81. The van der Waals surface area contributed by atoms with E-state index in [-0.39, 0.29) is 42.4 Å². The van der Waals surface area contributed by atoms with Crippen molar-refractivity contribution in [2.24, 2.45) is 0 Å². The van der Waals surface area contributed by atoms with Crippen LogP contribution in [-0.4, -0.2) is 46.6 Å². The molecule has 0 fully saturated rings. The third kappa shape index (κ3) is 4.04. The standard InChI is InChI=1S/C13H16O6/c1-8(19-6-5-14)7-11-9(12(15)16)3-2-4-10(11)13(17)18/h2-4,8,14H,5-7H2,1H3,(H,15,16)(H,17,18). The number of hydrogen-bond donors (Lipinski definition) is 3. The van der Waals surface area contributed by atoms with Gasteiger partial charge in [-0.25, -0.2) is 9.59 Å². The van der Waals surface area contributed by atoms with Gasteiger partial charge in [-0.05, 0) is 24.6 Å². The van der Waals surface area contributed by atoms with Gasteiger partial charge >= 0.3 is 11.9 Å². The minimum Gasteiger partial charge on any atom is -0.478 e. The predicted octanol–water partition coefficient (Wildman–Crippen LogP) is 1.02.